The first-order chi connectivity index (χ1) is 14.5. The normalized spacial score (nSPS) is 17.6. The third-order valence-corrected chi connectivity index (χ3v) is 5.32. The SMILES string of the molecule is CCC=N/C(C)=C1\Nc2cccc3c(=O)[nH]nc(c23)C1c1cccc(CN(C)C)c1. The van der Waals surface area contributed by atoms with Crippen LogP contribution < -0.4 is 10.9 Å². The second-order valence-electron chi connectivity index (χ2n) is 7.93. The quantitative estimate of drug-likeness (QED) is 0.627. The highest BCUT2D eigenvalue weighted by molar-refractivity contribution is 5.98. The maximum Gasteiger partial charge on any atom is 0.272 e. The Bertz CT molecular complexity index is 1210. The van der Waals surface area contributed by atoms with E-state index in [4.69, 9.17) is 0 Å². The number of benzene rings is 2. The number of aliphatic imine (C=N–C) groups is 1. The molecule has 0 bridgehead atoms. The summed E-state index contributed by atoms with van der Waals surface area (Å²) in [4.78, 5) is 19.2. The summed E-state index contributed by atoms with van der Waals surface area (Å²) >= 11 is 0. The van der Waals surface area contributed by atoms with Gasteiger partial charge in [-0.1, -0.05) is 37.3 Å². The van der Waals surface area contributed by atoms with Gasteiger partial charge in [0.05, 0.1) is 28.4 Å². The van der Waals surface area contributed by atoms with Gasteiger partial charge in [-0.15, -0.1) is 0 Å². The van der Waals surface area contributed by atoms with Crippen LogP contribution in [0.25, 0.3) is 10.8 Å². The molecule has 0 radical (unpaired) electrons. The van der Waals surface area contributed by atoms with Crippen LogP contribution in [0.3, 0.4) is 0 Å². The van der Waals surface area contributed by atoms with Crippen LogP contribution in [0, 0.1) is 0 Å². The molecule has 0 saturated carbocycles. The first-order valence-electron chi connectivity index (χ1n) is 10.2. The number of rotatable bonds is 5. The minimum atomic E-state index is -0.175. The fourth-order valence-electron chi connectivity index (χ4n) is 4.07. The lowest BCUT2D eigenvalue weighted by molar-refractivity contribution is 0.402. The van der Waals surface area contributed by atoms with Crippen LogP contribution in [0.5, 0.6) is 0 Å². The van der Waals surface area contributed by atoms with E-state index in [1.807, 2.05) is 31.3 Å². The summed E-state index contributed by atoms with van der Waals surface area (Å²) in [5.74, 6) is -0.143. The maximum absolute atomic E-state index is 12.4. The second kappa shape index (κ2) is 8.24. The van der Waals surface area contributed by atoms with E-state index in [1.54, 1.807) is 0 Å². The highest BCUT2D eigenvalue weighted by Crippen LogP contribution is 2.43. The monoisotopic (exact) mass is 401 g/mol. The predicted molar refractivity (Wildman–Crippen MR) is 123 cm³/mol. The third kappa shape index (κ3) is 3.66. The van der Waals surface area contributed by atoms with Crippen molar-refractivity contribution in [2.24, 2.45) is 4.99 Å². The number of allylic oxidation sites excluding steroid dienone is 2. The number of aromatic amines is 1. The van der Waals surface area contributed by atoms with Crippen molar-refractivity contribution in [3.05, 3.63) is 81.0 Å². The Kier molecular flexibility index (Phi) is 5.50. The summed E-state index contributed by atoms with van der Waals surface area (Å²) in [5.41, 5.74) is 5.82. The molecule has 1 atom stereocenters. The molecule has 0 fully saturated rings. The van der Waals surface area contributed by atoms with Gasteiger partial charge in [-0.2, -0.15) is 5.10 Å². The molecule has 1 aliphatic heterocycles. The molecule has 6 heteroatoms. The van der Waals surface area contributed by atoms with Gasteiger partial charge in [-0.25, -0.2) is 5.10 Å². The molecule has 2 aromatic carbocycles. The van der Waals surface area contributed by atoms with Crippen LogP contribution in [-0.4, -0.2) is 35.4 Å². The Hall–Kier alpha value is -3.25. The lowest BCUT2D eigenvalue weighted by Crippen LogP contribution is -2.24. The second-order valence-corrected chi connectivity index (χ2v) is 7.93. The number of H-pyrrole nitrogens is 1. The van der Waals surface area contributed by atoms with E-state index in [2.05, 4.69) is 70.7 Å². The van der Waals surface area contributed by atoms with E-state index in [0.717, 1.165) is 46.7 Å². The summed E-state index contributed by atoms with van der Waals surface area (Å²) in [7, 11) is 4.13. The maximum atomic E-state index is 12.4. The minimum absolute atomic E-state index is 0.143. The average molecular weight is 402 g/mol. The van der Waals surface area contributed by atoms with E-state index in [1.165, 1.54) is 5.56 Å². The highest BCUT2D eigenvalue weighted by Gasteiger charge is 2.31. The molecule has 1 unspecified atom stereocenters. The molecule has 2 N–H and O–H groups in total. The van der Waals surface area contributed by atoms with Crippen LogP contribution in [-0.2, 0) is 6.54 Å². The van der Waals surface area contributed by atoms with Crippen LogP contribution in [0.4, 0.5) is 5.69 Å². The van der Waals surface area contributed by atoms with Gasteiger partial charge >= 0.3 is 0 Å². The van der Waals surface area contributed by atoms with Gasteiger partial charge in [0.25, 0.3) is 5.56 Å². The van der Waals surface area contributed by atoms with E-state index < -0.39 is 0 Å². The van der Waals surface area contributed by atoms with E-state index in [-0.39, 0.29) is 11.5 Å². The molecule has 3 aromatic rings. The number of hydrogen-bond donors (Lipinski definition) is 2. The van der Waals surface area contributed by atoms with Crippen molar-refractivity contribution in [3.8, 4) is 0 Å². The standard InChI is InChI=1S/C24H27N5O/c1-5-12-25-15(2)22-20(17-9-6-8-16(13-17)14-29(3)4)23-21-18(24(30)28-27-23)10-7-11-19(21)26-22/h6-13,20,26H,5,14H2,1-4H3,(H,28,30)/b22-15-,25-12?. The summed E-state index contributed by atoms with van der Waals surface area (Å²) < 4.78 is 0. The smallest absolute Gasteiger partial charge is 0.272 e. The summed E-state index contributed by atoms with van der Waals surface area (Å²) in [5, 5.41) is 12.3. The van der Waals surface area contributed by atoms with Crippen molar-refractivity contribution in [1.29, 1.82) is 0 Å². The number of nitrogens with zero attached hydrogens (tertiary/aromatic N) is 3. The van der Waals surface area contributed by atoms with Gasteiger partial charge in [0.1, 0.15) is 0 Å². The van der Waals surface area contributed by atoms with Crippen molar-refractivity contribution in [2.75, 3.05) is 19.4 Å². The Labute approximate surface area is 176 Å². The van der Waals surface area contributed by atoms with Crippen LogP contribution >= 0.6 is 0 Å². The van der Waals surface area contributed by atoms with Gasteiger partial charge in [0.15, 0.2) is 0 Å². The van der Waals surface area contributed by atoms with Gasteiger partial charge in [0.2, 0.25) is 0 Å². The van der Waals surface area contributed by atoms with Gasteiger partial charge in [-0.05, 0) is 50.7 Å². The molecule has 0 saturated heterocycles. The largest absolute Gasteiger partial charge is 0.356 e. The molecule has 1 aliphatic rings. The highest BCUT2D eigenvalue weighted by atomic mass is 16.1. The summed E-state index contributed by atoms with van der Waals surface area (Å²) in [6, 6.07) is 14.3. The van der Waals surface area contributed by atoms with E-state index in [0.29, 0.717) is 5.39 Å². The molecular weight excluding hydrogens is 374 g/mol. The third-order valence-electron chi connectivity index (χ3n) is 5.32. The molecule has 1 aromatic heterocycles. The zero-order valence-corrected chi connectivity index (χ0v) is 17.9. The average Bonchev–Trinajstić information content (AvgIpc) is 2.73. The zero-order chi connectivity index (χ0) is 21.3. The molecule has 2 heterocycles. The zero-order valence-electron chi connectivity index (χ0n) is 17.9. The molecule has 0 amide bonds. The number of hydrogen-bond acceptors (Lipinski definition) is 5. The molecule has 4 rings (SSSR count). The molecular formula is C24H27N5O. The molecule has 0 spiro atoms. The number of aromatic nitrogens is 2. The Morgan fingerprint density at radius 2 is 2.03 bits per heavy atom. The summed E-state index contributed by atoms with van der Waals surface area (Å²) in [6.45, 7) is 4.94. The molecule has 6 nitrogen and oxygen atoms in total. The Balaban J connectivity index is 1.98. The number of anilines is 1. The van der Waals surface area contributed by atoms with Crippen LogP contribution in [0.2, 0.25) is 0 Å². The first kappa shape index (κ1) is 20.0. The van der Waals surface area contributed by atoms with Crippen molar-refractivity contribution in [3.63, 3.8) is 0 Å². The van der Waals surface area contributed by atoms with Crippen molar-refractivity contribution in [2.45, 2.75) is 32.7 Å². The Morgan fingerprint density at radius 1 is 1.23 bits per heavy atom. The molecule has 30 heavy (non-hydrogen) atoms. The fraction of sp³-hybridized carbons (Fsp3) is 0.292. The number of nitrogens with one attached hydrogen (secondary N) is 2. The first-order valence-corrected chi connectivity index (χ1v) is 10.2. The minimum Gasteiger partial charge on any atom is -0.356 e. The van der Waals surface area contributed by atoms with Crippen molar-refractivity contribution in [1.82, 2.24) is 15.1 Å². The van der Waals surface area contributed by atoms with Gasteiger partial charge < -0.3 is 10.2 Å². The van der Waals surface area contributed by atoms with Gasteiger partial charge in [-0.3, -0.25) is 9.79 Å². The topological polar surface area (TPSA) is 73.4 Å². The fourth-order valence-corrected chi connectivity index (χ4v) is 4.07. The lowest BCUT2D eigenvalue weighted by atomic mass is 9.85. The molecule has 154 valence electrons. The van der Waals surface area contributed by atoms with Gasteiger partial charge in [0, 0.05) is 23.8 Å². The Morgan fingerprint density at radius 3 is 2.80 bits per heavy atom. The summed E-state index contributed by atoms with van der Waals surface area (Å²) in [6.07, 6.45) is 2.78. The molecule has 0 aliphatic carbocycles. The van der Waals surface area contributed by atoms with Crippen LogP contribution in [0.1, 0.15) is 43.0 Å². The van der Waals surface area contributed by atoms with E-state index in [9.17, 15) is 4.79 Å². The van der Waals surface area contributed by atoms with Crippen molar-refractivity contribution < 1.29 is 0 Å². The van der Waals surface area contributed by atoms with E-state index >= 15 is 0 Å². The van der Waals surface area contributed by atoms with Crippen molar-refractivity contribution >= 4 is 22.7 Å². The lowest BCUT2D eigenvalue weighted by Gasteiger charge is -2.30. The predicted octanol–water partition coefficient (Wildman–Crippen LogP) is 4.25. The van der Waals surface area contributed by atoms with Crippen LogP contribution in [0.15, 0.2) is 63.6 Å².